The number of hydrogen-bond acceptors (Lipinski definition) is 3. The molecule has 1 aromatic heterocycles. The van der Waals surface area contributed by atoms with Crippen molar-refractivity contribution in [2.75, 3.05) is 31.1 Å². The topological polar surface area (TPSA) is 6.48 Å². The van der Waals surface area contributed by atoms with Crippen LogP contribution in [0, 0.1) is 0 Å². The molecule has 0 atom stereocenters. The quantitative estimate of drug-likeness (QED) is 0.669. The Kier molecular flexibility index (Phi) is 4.25. The van der Waals surface area contributed by atoms with Gasteiger partial charge in [0.2, 0.25) is 0 Å². The van der Waals surface area contributed by atoms with Gasteiger partial charge in [-0.25, -0.2) is 0 Å². The first-order chi connectivity index (χ1) is 11.3. The van der Waals surface area contributed by atoms with Gasteiger partial charge in [0.1, 0.15) is 0 Å². The second kappa shape index (κ2) is 6.52. The molecule has 2 aromatic carbocycles. The Morgan fingerprint density at radius 2 is 1.65 bits per heavy atom. The highest BCUT2D eigenvalue weighted by Crippen LogP contribution is 2.28. The van der Waals surface area contributed by atoms with Crippen LogP contribution in [0.4, 0.5) is 5.69 Å². The molecule has 1 saturated heterocycles. The first-order valence-electron chi connectivity index (χ1n) is 7.98. The van der Waals surface area contributed by atoms with Gasteiger partial charge in [-0.1, -0.05) is 41.9 Å². The van der Waals surface area contributed by atoms with Crippen molar-refractivity contribution >= 4 is 38.7 Å². The van der Waals surface area contributed by atoms with Crippen LogP contribution >= 0.6 is 22.9 Å². The van der Waals surface area contributed by atoms with Crippen LogP contribution in [0.15, 0.2) is 53.9 Å². The fraction of sp³-hybridized carbons (Fsp3) is 0.263. The maximum atomic E-state index is 6.32. The second-order valence-electron chi connectivity index (χ2n) is 5.97. The number of fused-ring (bicyclic) bond motifs is 1. The summed E-state index contributed by atoms with van der Waals surface area (Å²) in [4.78, 5) is 4.94. The van der Waals surface area contributed by atoms with Crippen molar-refractivity contribution in [3.63, 3.8) is 0 Å². The molecule has 0 aliphatic carbocycles. The van der Waals surface area contributed by atoms with Crippen molar-refractivity contribution in [3.8, 4) is 0 Å². The van der Waals surface area contributed by atoms with E-state index in [0.29, 0.717) is 0 Å². The van der Waals surface area contributed by atoms with Gasteiger partial charge < -0.3 is 4.90 Å². The first-order valence-corrected chi connectivity index (χ1v) is 9.24. The average molecular weight is 343 g/mol. The zero-order chi connectivity index (χ0) is 15.6. The van der Waals surface area contributed by atoms with Crippen LogP contribution in [0.5, 0.6) is 0 Å². The van der Waals surface area contributed by atoms with Gasteiger partial charge in [-0.15, -0.1) is 11.3 Å². The molecule has 2 heterocycles. The van der Waals surface area contributed by atoms with Crippen molar-refractivity contribution in [3.05, 3.63) is 64.5 Å². The van der Waals surface area contributed by atoms with Gasteiger partial charge >= 0.3 is 0 Å². The van der Waals surface area contributed by atoms with E-state index in [-0.39, 0.29) is 0 Å². The zero-order valence-electron chi connectivity index (χ0n) is 12.9. The summed E-state index contributed by atoms with van der Waals surface area (Å²) < 4.78 is 1.39. The molecule has 4 rings (SSSR count). The molecule has 0 radical (unpaired) electrons. The SMILES string of the molecule is Clc1ccccc1N1CCN(Cc2csc3ccccc23)CC1. The van der Waals surface area contributed by atoms with Crippen LogP contribution in [0.1, 0.15) is 5.56 Å². The number of nitrogens with zero attached hydrogens (tertiary/aromatic N) is 2. The highest BCUT2D eigenvalue weighted by molar-refractivity contribution is 7.17. The van der Waals surface area contributed by atoms with E-state index in [1.54, 1.807) is 0 Å². The molecule has 4 heteroatoms. The minimum Gasteiger partial charge on any atom is -0.368 e. The Hall–Kier alpha value is -1.55. The predicted molar refractivity (Wildman–Crippen MR) is 101 cm³/mol. The molecular formula is C19H19ClN2S. The molecule has 0 bridgehead atoms. The van der Waals surface area contributed by atoms with E-state index in [4.69, 9.17) is 11.6 Å². The molecule has 3 aromatic rings. The number of benzene rings is 2. The number of anilines is 1. The van der Waals surface area contributed by atoms with E-state index in [9.17, 15) is 0 Å². The number of thiophene rings is 1. The van der Waals surface area contributed by atoms with Gasteiger partial charge in [0.15, 0.2) is 0 Å². The molecule has 2 nitrogen and oxygen atoms in total. The molecule has 0 unspecified atom stereocenters. The molecular weight excluding hydrogens is 324 g/mol. The smallest absolute Gasteiger partial charge is 0.0639 e. The lowest BCUT2D eigenvalue weighted by Crippen LogP contribution is -2.46. The Balaban J connectivity index is 1.43. The number of hydrogen-bond donors (Lipinski definition) is 0. The van der Waals surface area contributed by atoms with Crippen molar-refractivity contribution in [1.29, 1.82) is 0 Å². The lowest BCUT2D eigenvalue weighted by Gasteiger charge is -2.36. The van der Waals surface area contributed by atoms with E-state index >= 15 is 0 Å². The maximum Gasteiger partial charge on any atom is 0.0639 e. The monoisotopic (exact) mass is 342 g/mol. The van der Waals surface area contributed by atoms with Gasteiger partial charge in [-0.2, -0.15) is 0 Å². The standard InChI is InChI=1S/C19H19ClN2S/c20-17-6-2-3-7-18(17)22-11-9-21(10-12-22)13-15-14-23-19-8-4-1-5-16(15)19/h1-8,14H,9-13H2. The van der Waals surface area contributed by atoms with E-state index < -0.39 is 0 Å². The van der Waals surface area contributed by atoms with Crippen molar-refractivity contribution in [2.24, 2.45) is 0 Å². The lowest BCUT2D eigenvalue weighted by molar-refractivity contribution is 0.251. The minimum atomic E-state index is 0.852. The van der Waals surface area contributed by atoms with E-state index in [2.05, 4.69) is 51.6 Å². The van der Waals surface area contributed by atoms with Crippen LogP contribution in [-0.4, -0.2) is 31.1 Å². The lowest BCUT2D eigenvalue weighted by atomic mass is 10.1. The average Bonchev–Trinajstić information content (AvgIpc) is 2.99. The van der Waals surface area contributed by atoms with Gasteiger partial charge in [-0.05, 0) is 34.5 Å². The van der Waals surface area contributed by atoms with Crippen molar-refractivity contribution in [2.45, 2.75) is 6.54 Å². The summed E-state index contributed by atoms with van der Waals surface area (Å²) in [5.41, 5.74) is 2.62. The molecule has 1 aliphatic rings. The van der Waals surface area contributed by atoms with Gasteiger partial charge in [-0.3, -0.25) is 4.90 Å². The second-order valence-corrected chi connectivity index (χ2v) is 7.29. The number of piperazine rings is 1. The minimum absolute atomic E-state index is 0.852. The van der Waals surface area contributed by atoms with Gasteiger partial charge in [0, 0.05) is 37.4 Å². The summed E-state index contributed by atoms with van der Waals surface area (Å²) in [5, 5.41) is 4.57. The fourth-order valence-corrected chi connectivity index (χ4v) is 4.46. The summed E-state index contributed by atoms with van der Waals surface area (Å²) in [5.74, 6) is 0. The largest absolute Gasteiger partial charge is 0.368 e. The fourth-order valence-electron chi connectivity index (χ4n) is 3.25. The van der Waals surface area contributed by atoms with E-state index in [0.717, 1.165) is 43.4 Å². The Morgan fingerprint density at radius 1 is 0.913 bits per heavy atom. The van der Waals surface area contributed by atoms with Crippen molar-refractivity contribution in [1.82, 2.24) is 4.90 Å². The van der Waals surface area contributed by atoms with E-state index in [1.807, 2.05) is 23.5 Å². The van der Waals surface area contributed by atoms with E-state index in [1.165, 1.54) is 15.6 Å². The third-order valence-electron chi connectivity index (χ3n) is 4.52. The number of halogens is 1. The van der Waals surface area contributed by atoms with Crippen LogP contribution < -0.4 is 4.90 Å². The van der Waals surface area contributed by atoms with Gasteiger partial charge in [0.05, 0.1) is 10.7 Å². The molecule has 23 heavy (non-hydrogen) atoms. The molecule has 1 fully saturated rings. The van der Waals surface area contributed by atoms with Crippen LogP contribution in [0.3, 0.4) is 0 Å². The maximum absolute atomic E-state index is 6.32. The summed E-state index contributed by atoms with van der Waals surface area (Å²) >= 11 is 8.17. The van der Waals surface area contributed by atoms with Crippen LogP contribution in [0.25, 0.3) is 10.1 Å². The number of para-hydroxylation sites is 1. The molecule has 0 spiro atoms. The molecule has 118 valence electrons. The van der Waals surface area contributed by atoms with Crippen LogP contribution in [0.2, 0.25) is 5.02 Å². The summed E-state index contributed by atoms with van der Waals surface area (Å²) in [6, 6.07) is 16.8. The number of rotatable bonds is 3. The molecule has 0 N–H and O–H groups in total. The summed E-state index contributed by atoms with van der Waals surface area (Å²) in [6.07, 6.45) is 0. The molecule has 0 amide bonds. The molecule has 1 aliphatic heterocycles. The Bertz CT molecular complexity index is 806. The van der Waals surface area contributed by atoms with Crippen LogP contribution in [-0.2, 0) is 6.54 Å². The third kappa shape index (κ3) is 3.09. The summed E-state index contributed by atoms with van der Waals surface area (Å²) in [7, 11) is 0. The summed E-state index contributed by atoms with van der Waals surface area (Å²) in [6.45, 7) is 5.27. The normalized spacial score (nSPS) is 16.1. The Labute approximate surface area is 145 Å². The zero-order valence-corrected chi connectivity index (χ0v) is 14.5. The Morgan fingerprint density at radius 3 is 2.48 bits per heavy atom. The highest BCUT2D eigenvalue weighted by Gasteiger charge is 2.19. The van der Waals surface area contributed by atoms with Crippen molar-refractivity contribution < 1.29 is 0 Å². The molecule has 0 saturated carbocycles. The van der Waals surface area contributed by atoms with Gasteiger partial charge in [0.25, 0.3) is 0 Å². The predicted octanol–water partition coefficient (Wildman–Crippen LogP) is 4.88. The highest BCUT2D eigenvalue weighted by atomic mass is 35.5. The first kappa shape index (κ1) is 15.0. The third-order valence-corrected chi connectivity index (χ3v) is 5.85.